The Bertz CT molecular complexity index is 482. The van der Waals surface area contributed by atoms with Crippen molar-refractivity contribution in [3.8, 4) is 6.07 Å². The molecule has 1 rings (SSSR count). The number of nitriles is 1. The quantitative estimate of drug-likeness (QED) is 0.484. The van der Waals surface area contributed by atoms with Crippen LogP contribution in [0.15, 0.2) is 28.6 Å². The first kappa shape index (κ1) is 14.4. The second-order valence-electron chi connectivity index (χ2n) is 2.98. The fourth-order valence-corrected chi connectivity index (χ4v) is 1.23. The number of nitrogens with one attached hydrogen (secondary N) is 2. The van der Waals surface area contributed by atoms with E-state index in [2.05, 4.69) is 36.5 Å². The molecule has 94 valence electrons. The maximum Gasteiger partial charge on any atom is 0.263 e. The maximum atomic E-state index is 11.5. The van der Waals surface area contributed by atoms with Crippen LogP contribution in [0.25, 0.3) is 0 Å². The van der Waals surface area contributed by atoms with E-state index in [0.29, 0.717) is 6.54 Å². The predicted octanol–water partition coefficient (Wildman–Crippen LogP) is 1.41. The van der Waals surface area contributed by atoms with Gasteiger partial charge in [0.05, 0.1) is 4.47 Å². The standard InChI is InChI=1S/C10H9BrClN5O/c11-8-5-16-10(17-6-8)15-4-7(3-13)9(18)14-2-1-12/h4-6H,1-2H2,(H,14,18)(H,15,16,17)/b7-4-. The van der Waals surface area contributed by atoms with Crippen molar-refractivity contribution >= 4 is 39.4 Å². The minimum atomic E-state index is -0.497. The first-order valence-electron chi connectivity index (χ1n) is 4.86. The number of carbonyl (C=O) groups excluding carboxylic acids is 1. The molecule has 18 heavy (non-hydrogen) atoms. The van der Waals surface area contributed by atoms with Crippen LogP contribution in [0.3, 0.4) is 0 Å². The smallest absolute Gasteiger partial charge is 0.263 e. The molecule has 0 spiro atoms. The van der Waals surface area contributed by atoms with Crippen LogP contribution in [0.2, 0.25) is 0 Å². The molecule has 0 radical (unpaired) electrons. The molecule has 1 amide bonds. The number of hydrogen-bond donors (Lipinski definition) is 2. The Morgan fingerprint density at radius 2 is 2.22 bits per heavy atom. The Labute approximate surface area is 117 Å². The average Bonchev–Trinajstić information content (AvgIpc) is 2.39. The van der Waals surface area contributed by atoms with Crippen molar-refractivity contribution in [2.45, 2.75) is 0 Å². The van der Waals surface area contributed by atoms with Crippen molar-refractivity contribution < 1.29 is 4.79 Å². The summed E-state index contributed by atoms with van der Waals surface area (Å²) in [6.07, 6.45) is 4.33. The van der Waals surface area contributed by atoms with E-state index >= 15 is 0 Å². The lowest BCUT2D eigenvalue weighted by molar-refractivity contribution is -0.117. The molecule has 0 bridgehead atoms. The molecule has 6 nitrogen and oxygen atoms in total. The van der Waals surface area contributed by atoms with Crippen LogP contribution < -0.4 is 10.6 Å². The SMILES string of the molecule is N#C/C(=C/Nc1ncc(Br)cn1)C(=O)NCCCl. The van der Waals surface area contributed by atoms with Gasteiger partial charge in [0.25, 0.3) is 5.91 Å². The van der Waals surface area contributed by atoms with Gasteiger partial charge in [0, 0.05) is 31.0 Å². The van der Waals surface area contributed by atoms with E-state index in [4.69, 9.17) is 16.9 Å². The summed E-state index contributed by atoms with van der Waals surface area (Å²) < 4.78 is 0.734. The van der Waals surface area contributed by atoms with Crippen molar-refractivity contribution in [1.82, 2.24) is 15.3 Å². The molecule has 8 heteroatoms. The first-order valence-corrected chi connectivity index (χ1v) is 6.18. The number of rotatable bonds is 5. The highest BCUT2D eigenvalue weighted by Gasteiger charge is 2.07. The van der Waals surface area contributed by atoms with E-state index in [1.807, 2.05) is 0 Å². The third-order valence-corrected chi connectivity index (χ3v) is 2.31. The summed E-state index contributed by atoms with van der Waals surface area (Å²) in [5.74, 6) is 0.0760. The summed E-state index contributed by atoms with van der Waals surface area (Å²) in [6.45, 7) is 0.300. The normalized spacial score (nSPS) is 10.6. The number of alkyl halides is 1. The molecule has 0 atom stereocenters. The summed E-state index contributed by atoms with van der Waals surface area (Å²) in [5, 5.41) is 14.0. The topological polar surface area (TPSA) is 90.7 Å². The van der Waals surface area contributed by atoms with Gasteiger partial charge in [0.15, 0.2) is 0 Å². The first-order chi connectivity index (χ1) is 8.67. The molecule has 0 fully saturated rings. The van der Waals surface area contributed by atoms with Crippen LogP contribution in [-0.2, 0) is 4.79 Å². The molecule has 2 N–H and O–H groups in total. The molecular formula is C10H9BrClN5O. The van der Waals surface area contributed by atoms with E-state index < -0.39 is 5.91 Å². The zero-order valence-corrected chi connectivity index (χ0v) is 11.5. The van der Waals surface area contributed by atoms with E-state index in [9.17, 15) is 4.79 Å². The molecule has 0 aromatic carbocycles. The second kappa shape index (κ2) is 7.63. The van der Waals surface area contributed by atoms with Crippen LogP contribution in [-0.4, -0.2) is 28.3 Å². The van der Waals surface area contributed by atoms with Gasteiger partial charge in [-0.25, -0.2) is 9.97 Å². The monoisotopic (exact) mass is 329 g/mol. The Hall–Kier alpha value is -1.65. The summed E-state index contributed by atoms with van der Waals surface area (Å²) in [4.78, 5) is 19.3. The number of carbonyl (C=O) groups is 1. The molecule has 0 unspecified atom stereocenters. The lowest BCUT2D eigenvalue weighted by atomic mass is 10.3. The van der Waals surface area contributed by atoms with Gasteiger partial charge in [-0.3, -0.25) is 4.79 Å². The maximum absolute atomic E-state index is 11.5. The fraction of sp³-hybridized carbons (Fsp3) is 0.200. The van der Waals surface area contributed by atoms with E-state index in [1.54, 1.807) is 18.5 Å². The van der Waals surface area contributed by atoms with Gasteiger partial charge < -0.3 is 10.6 Å². The molecule has 1 aromatic rings. The predicted molar refractivity (Wildman–Crippen MR) is 70.8 cm³/mol. The summed E-state index contributed by atoms with van der Waals surface area (Å²) >= 11 is 8.62. The number of amides is 1. The van der Waals surface area contributed by atoms with Gasteiger partial charge in [0.2, 0.25) is 5.95 Å². The van der Waals surface area contributed by atoms with E-state index in [-0.39, 0.29) is 17.4 Å². The largest absolute Gasteiger partial charge is 0.350 e. The van der Waals surface area contributed by atoms with Crippen molar-refractivity contribution in [1.29, 1.82) is 5.26 Å². The lowest BCUT2D eigenvalue weighted by Crippen LogP contribution is -2.26. The highest BCUT2D eigenvalue weighted by molar-refractivity contribution is 9.10. The van der Waals surface area contributed by atoms with Crippen molar-refractivity contribution in [2.75, 3.05) is 17.7 Å². The molecule has 1 aromatic heterocycles. The van der Waals surface area contributed by atoms with Gasteiger partial charge in [-0.05, 0) is 15.9 Å². The van der Waals surface area contributed by atoms with Gasteiger partial charge in [0.1, 0.15) is 11.6 Å². The van der Waals surface area contributed by atoms with Gasteiger partial charge in [-0.1, -0.05) is 0 Å². The highest BCUT2D eigenvalue weighted by Crippen LogP contribution is 2.07. The number of nitrogens with zero attached hydrogens (tertiary/aromatic N) is 3. The Morgan fingerprint density at radius 3 is 2.78 bits per heavy atom. The van der Waals surface area contributed by atoms with E-state index in [0.717, 1.165) is 4.47 Å². The number of hydrogen-bond acceptors (Lipinski definition) is 5. The third kappa shape index (κ3) is 4.69. The minimum Gasteiger partial charge on any atom is -0.350 e. The van der Waals surface area contributed by atoms with Crippen LogP contribution >= 0.6 is 27.5 Å². The molecular weight excluding hydrogens is 322 g/mol. The Morgan fingerprint density at radius 1 is 1.56 bits per heavy atom. The van der Waals surface area contributed by atoms with Crippen LogP contribution in [0.5, 0.6) is 0 Å². The Balaban J connectivity index is 2.66. The number of aromatic nitrogens is 2. The summed E-state index contributed by atoms with van der Waals surface area (Å²) in [7, 11) is 0. The third-order valence-electron chi connectivity index (χ3n) is 1.71. The fourth-order valence-electron chi connectivity index (χ4n) is 0.928. The van der Waals surface area contributed by atoms with Gasteiger partial charge in [-0.2, -0.15) is 5.26 Å². The zero-order chi connectivity index (χ0) is 13.4. The average molecular weight is 331 g/mol. The van der Waals surface area contributed by atoms with Crippen LogP contribution in [0, 0.1) is 11.3 Å². The minimum absolute atomic E-state index is 0.0772. The number of anilines is 1. The van der Waals surface area contributed by atoms with Gasteiger partial charge >= 0.3 is 0 Å². The van der Waals surface area contributed by atoms with Crippen LogP contribution in [0.1, 0.15) is 0 Å². The molecule has 0 aliphatic heterocycles. The molecule has 0 saturated heterocycles. The summed E-state index contributed by atoms with van der Waals surface area (Å²) in [5.41, 5.74) is -0.0772. The highest BCUT2D eigenvalue weighted by atomic mass is 79.9. The summed E-state index contributed by atoms with van der Waals surface area (Å²) in [6, 6.07) is 1.77. The van der Waals surface area contributed by atoms with Crippen molar-refractivity contribution in [2.24, 2.45) is 0 Å². The van der Waals surface area contributed by atoms with Crippen molar-refractivity contribution in [3.05, 3.63) is 28.6 Å². The molecule has 0 saturated carbocycles. The van der Waals surface area contributed by atoms with Crippen LogP contribution in [0.4, 0.5) is 5.95 Å². The van der Waals surface area contributed by atoms with E-state index in [1.165, 1.54) is 6.20 Å². The Kier molecular flexibility index (Phi) is 6.11. The van der Waals surface area contributed by atoms with Crippen molar-refractivity contribution in [3.63, 3.8) is 0 Å². The number of halogens is 2. The zero-order valence-electron chi connectivity index (χ0n) is 9.15. The molecule has 1 heterocycles. The molecule has 0 aliphatic rings. The molecule has 0 aliphatic carbocycles. The lowest BCUT2D eigenvalue weighted by Gasteiger charge is -2.02. The second-order valence-corrected chi connectivity index (χ2v) is 4.28. The van der Waals surface area contributed by atoms with Gasteiger partial charge in [-0.15, -0.1) is 11.6 Å².